The molecular formula is C16H15NO4. The summed E-state index contributed by atoms with van der Waals surface area (Å²) in [4.78, 5) is 10.3. The maximum atomic E-state index is 10.7. The van der Waals surface area contributed by atoms with Gasteiger partial charge in [0, 0.05) is 24.1 Å². The minimum atomic E-state index is -0.794. The lowest BCUT2D eigenvalue weighted by Crippen LogP contribution is -2.29. The first-order valence-corrected chi connectivity index (χ1v) is 6.76. The summed E-state index contributed by atoms with van der Waals surface area (Å²) in [6.07, 6.45) is 0.523. The first-order valence-electron chi connectivity index (χ1n) is 6.76. The van der Waals surface area contributed by atoms with Crippen LogP contribution in [0.2, 0.25) is 0 Å². The summed E-state index contributed by atoms with van der Waals surface area (Å²) >= 11 is 0. The number of non-ortho nitro benzene ring substituents is 1. The second-order valence-electron chi connectivity index (χ2n) is 4.92. The zero-order valence-electron chi connectivity index (χ0n) is 11.4. The Kier molecular flexibility index (Phi) is 3.68. The maximum Gasteiger partial charge on any atom is 0.269 e. The fourth-order valence-corrected chi connectivity index (χ4v) is 2.52. The molecule has 2 aromatic rings. The second-order valence-corrected chi connectivity index (χ2v) is 4.92. The van der Waals surface area contributed by atoms with Crippen LogP contribution in [0.15, 0.2) is 54.6 Å². The van der Waals surface area contributed by atoms with Gasteiger partial charge in [0.2, 0.25) is 0 Å². The molecule has 2 aromatic carbocycles. The van der Waals surface area contributed by atoms with E-state index in [1.165, 1.54) is 12.1 Å². The molecule has 0 spiro atoms. The lowest BCUT2D eigenvalue weighted by atomic mass is 9.97. The quantitative estimate of drug-likeness (QED) is 0.640. The molecule has 0 radical (unpaired) electrons. The number of nitro benzene ring substituents is 1. The molecule has 0 amide bonds. The number of hydrogen-bond acceptors (Lipinski definition) is 4. The van der Waals surface area contributed by atoms with E-state index in [2.05, 4.69) is 0 Å². The Bertz CT molecular complexity index is 618. The fraction of sp³-hybridized carbons (Fsp3) is 0.250. The van der Waals surface area contributed by atoms with Crippen molar-refractivity contribution in [3.8, 4) is 0 Å². The van der Waals surface area contributed by atoms with Crippen molar-refractivity contribution in [3.63, 3.8) is 0 Å². The van der Waals surface area contributed by atoms with Crippen LogP contribution in [0.1, 0.15) is 11.1 Å². The molecule has 0 bridgehead atoms. The van der Waals surface area contributed by atoms with E-state index < -0.39 is 10.7 Å². The van der Waals surface area contributed by atoms with E-state index in [-0.39, 0.29) is 5.69 Å². The first kappa shape index (κ1) is 13.7. The average molecular weight is 285 g/mol. The van der Waals surface area contributed by atoms with Crippen LogP contribution in [0.5, 0.6) is 0 Å². The lowest BCUT2D eigenvalue weighted by Gasteiger charge is -2.28. The predicted molar refractivity (Wildman–Crippen MR) is 76.8 cm³/mol. The Balaban J connectivity index is 1.87. The monoisotopic (exact) mass is 285 g/mol. The molecule has 0 atom stereocenters. The van der Waals surface area contributed by atoms with Crippen molar-refractivity contribution >= 4 is 5.69 Å². The van der Waals surface area contributed by atoms with Crippen molar-refractivity contribution in [2.24, 2.45) is 0 Å². The van der Waals surface area contributed by atoms with Gasteiger partial charge in [-0.3, -0.25) is 10.1 Å². The van der Waals surface area contributed by atoms with Gasteiger partial charge in [0.1, 0.15) is 0 Å². The van der Waals surface area contributed by atoms with E-state index in [4.69, 9.17) is 9.47 Å². The van der Waals surface area contributed by atoms with Crippen LogP contribution in [0.25, 0.3) is 0 Å². The van der Waals surface area contributed by atoms with Gasteiger partial charge in [0.05, 0.1) is 18.1 Å². The van der Waals surface area contributed by atoms with E-state index in [1.54, 1.807) is 12.1 Å². The molecule has 1 heterocycles. The molecule has 0 aromatic heterocycles. The van der Waals surface area contributed by atoms with Gasteiger partial charge in [-0.15, -0.1) is 0 Å². The Morgan fingerprint density at radius 2 is 1.62 bits per heavy atom. The number of hydrogen-bond donors (Lipinski definition) is 0. The van der Waals surface area contributed by atoms with Crippen LogP contribution in [-0.2, 0) is 21.7 Å². The molecule has 5 nitrogen and oxygen atoms in total. The van der Waals surface area contributed by atoms with Gasteiger partial charge in [-0.25, -0.2) is 0 Å². The Morgan fingerprint density at radius 1 is 1.00 bits per heavy atom. The number of ether oxygens (including phenoxy) is 2. The van der Waals surface area contributed by atoms with Gasteiger partial charge < -0.3 is 9.47 Å². The van der Waals surface area contributed by atoms with Crippen LogP contribution in [-0.4, -0.2) is 18.1 Å². The highest BCUT2D eigenvalue weighted by Crippen LogP contribution is 2.35. The van der Waals surface area contributed by atoms with Crippen molar-refractivity contribution in [3.05, 3.63) is 75.8 Å². The van der Waals surface area contributed by atoms with Crippen molar-refractivity contribution < 1.29 is 14.4 Å². The fourth-order valence-electron chi connectivity index (χ4n) is 2.52. The third-order valence-electron chi connectivity index (χ3n) is 3.55. The molecule has 0 aliphatic carbocycles. The topological polar surface area (TPSA) is 61.6 Å². The molecule has 1 aliphatic rings. The third kappa shape index (κ3) is 2.79. The molecule has 0 unspecified atom stereocenters. The summed E-state index contributed by atoms with van der Waals surface area (Å²) in [5, 5.41) is 10.7. The van der Waals surface area contributed by atoms with Crippen LogP contribution < -0.4 is 0 Å². The van der Waals surface area contributed by atoms with E-state index in [0.29, 0.717) is 19.6 Å². The highest BCUT2D eigenvalue weighted by atomic mass is 16.7. The van der Waals surface area contributed by atoms with Crippen LogP contribution >= 0.6 is 0 Å². The van der Waals surface area contributed by atoms with Crippen molar-refractivity contribution in [2.75, 3.05) is 13.2 Å². The van der Waals surface area contributed by atoms with Crippen molar-refractivity contribution in [2.45, 2.75) is 12.2 Å². The highest BCUT2D eigenvalue weighted by molar-refractivity contribution is 5.34. The smallest absolute Gasteiger partial charge is 0.269 e. The zero-order valence-corrected chi connectivity index (χ0v) is 11.4. The van der Waals surface area contributed by atoms with E-state index in [9.17, 15) is 10.1 Å². The molecular weight excluding hydrogens is 270 g/mol. The average Bonchev–Trinajstić information content (AvgIpc) is 2.98. The zero-order chi connectivity index (χ0) is 14.7. The van der Waals surface area contributed by atoms with Gasteiger partial charge >= 0.3 is 0 Å². The van der Waals surface area contributed by atoms with Crippen molar-refractivity contribution in [1.82, 2.24) is 0 Å². The highest BCUT2D eigenvalue weighted by Gasteiger charge is 2.38. The molecule has 0 saturated carbocycles. The van der Waals surface area contributed by atoms with Gasteiger partial charge in [-0.1, -0.05) is 42.5 Å². The molecule has 1 saturated heterocycles. The summed E-state index contributed by atoms with van der Waals surface area (Å²) in [5.41, 5.74) is 1.98. The second kappa shape index (κ2) is 5.63. The lowest BCUT2D eigenvalue weighted by molar-refractivity contribution is -0.384. The standard InChI is InChI=1S/C16H15NO4/c18-17(19)15-8-6-13(7-9-15)12-16(20-10-11-21-16)14-4-2-1-3-5-14/h1-9H,10-12H2. The van der Waals surface area contributed by atoms with Crippen LogP contribution in [0, 0.1) is 10.1 Å². The van der Waals surface area contributed by atoms with Gasteiger partial charge in [0.15, 0.2) is 5.79 Å². The largest absolute Gasteiger partial charge is 0.343 e. The summed E-state index contributed by atoms with van der Waals surface area (Å²) in [6, 6.07) is 16.3. The van der Waals surface area contributed by atoms with Crippen LogP contribution in [0.4, 0.5) is 5.69 Å². The number of benzene rings is 2. The number of nitrogens with zero attached hydrogens (tertiary/aromatic N) is 1. The van der Waals surface area contributed by atoms with Gasteiger partial charge in [0.25, 0.3) is 5.69 Å². The molecule has 3 rings (SSSR count). The van der Waals surface area contributed by atoms with E-state index in [0.717, 1.165) is 11.1 Å². The number of nitro groups is 1. The van der Waals surface area contributed by atoms with Crippen LogP contribution in [0.3, 0.4) is 0 Å². The molecule has 1 fully saturated rings. The summed E-state index contributed by atoms with van der Waals surface area (Å²) in [5.74, 6) is -0.794. The minimum Gasteiger partial charge on any atom is -0.343 e. The molecule has 1 aliphatic heterocycles. The summed E-state index contributed by atoms with van der Waals surface area (Å²) < 4.78 is 11.7. The Morgan fingerprint density at radius 3 is 2.19 bits per heavy atom. The van der Waals surface area contributed by atoms with E-state index >= 15 is 0 Å². The summed E-state index contributed by atoms with van der Waals surface area (Å²) in [7, 11) is 0. The van der Waals surface area contributed by atoms with Crippen molar-refractivity contribution in [1.29, 1.82) is 0 Å². The molecule has 5 heteroatoms. The molecule has 21 heavy (non-hydrogen) atoms. The summed E-state index contributed by atoms with van der Waals surface area (Å²) in [6.45, 7) is 1.09. The SMILES string of the molecule is O=[N+]([O-])c1ccc(CC2(c3ccccc3)OCCO2)cc1. The minimum absolute atomic E-state index is 0.0840. The van der Waals surface area contributed by atoms with E-state index in [1.807, 2.05) is 30.3 Å². The first-order chi connectivity index (χ1) is 10.2. The molecule has 108 valence electrons. The normalized spacial score (nSPS) is 16.8. The third-order valence-corrected chi connectivity index (χ3v) is 3.55. The Hall–Kier alpha value is -2.24. The molecule has 0 N–H and O–H groups in total. The van der Waals surface area contributed by atoms with Gasteiger partial charge in [-0.2, -0.15) is 0 Å². The predicted octanol–water partition coefficient (Wildman–Crippen LogP) is 3.04. The number of rotatable bonds is 4. The Labute approximate surface area is 122 Å². The maximum absolute atomic E-state index is 10.7. The van der Waals surface area contributed by atoms with Gasteiger partial charge in [-0.05, 0) is 5.56 Å².